The van der Waals surface area contributed by atoms with Gasteiger partial charge >= 0.3 is 0 Å². The van der Waals surface area contributed by atoms with Crippen molar-refractivity contribution in [1.82, 2.24) is 4.72 Å². The molecule has 0 saturated carbocycles. The maximum atomic E-state index is 12.7. The molecule has 0 amide bonds. The van der Waals surface area contributed by atoms with Gasteiger partial charge in [0.2, 0.25) is 10.0 Å². The van der Waals surface area contributed by atoms with Crippen LogP contribution in [0.1, 0.15) is 30.0 Å². The second kappa shape index (κ2) is 7.77. The molecule has 26 heavy (non-hydrogen) atoms. The van der Waals surface area contributed by atoms with Crippen LogP contribution in [0.3, 0.4) is 0 Å². The fourth-order valence-electron chi connectivity index (χ4n) is 2.82. The Labute approximate surface area is 155 Å². The molecule has 0 atom stereocenters. The minimum Gasteiger partial charge on any atom is -0.280 e. The van der Waals surface area contributed by atoms with Gasteiger partial charge in [0, 0.05) is 12.2 Å². The first-order chi connectivity index (χ1) is 12.1. The summed E-state index contributed by atoms with van der Waals surface area (Å²) < 4.78 is 54.6. The SMILES string of the molecule is CCCNS(=O)(=O)c1ccc(NS(=O)(=O)c2c(C)cc(C)cc2C)cc1. The molecule has 0 spiro atoms. The Bertz CT molecular complexity index is 973. The van der Waals surface area contributed by atoms with E-state index in [2.05, 4.69) is 9.44 Å². The van der Waals surface area contributed by atoms with Crippen molar-refractivity contribution >= 4 is 25.7 Å². The van der Waals surface area contributed by atoms with E-state index in [1.165, 1.54) is 24.3 Å². The van der Waals surface area contributed by atoms with Gasteiger partial charge in [0.1, 0.15) is 0 Å². The normalized spacial score (nSPS) is 12.2. The smallest absolute Gasteiger partial charge is 0.262 e. The summed E-state index contributed by atoms with van der Waals surface area (Å²) in [5.74, 6) is 0. The van der Waals surface area contributed by atoms with Crippen LogP contribution in [-0.2, 0) is 20.0 Å². The number of nitrogens with one attached hydrogen (secondary N) is 2. The Balaban J connectivity index is 2.29. The highest BCUT2D eigenvalue weighted by atomic mass is 32.2. The topological polar surface area (TPSA) is 92.3 Å². The minimum absolute atomic E-state index is 0.0941. The van der Waals surface area contributed by atoms with E-state index in [0.717, 1.165) is 5.56 Å². The highest BCUT2D eigenvalue weighted by Gasteiger charge is 2.20. The van der Waals surface area contributed by atoms with E-state index in [1.807, 2.05) is 26.0 Å². The highest BCUT2D eigenvalue weighted by molar-refractivity contribution is 7.92. The van der Waals surface area contributed by atoms with Gasteiger partial charge in [0.15, 0.2) is 0 Å². The summed E-state index contributed by atoms with van der Waals surface area (Å²) >= 11 is 0. The third-order valence-electron chi connectivity index (χ3n) is 3.83. The summed E-state index contributed by atoms with van der Waals surface area (Å²) in [6.07, 6.45) is 0.687. The molecule has 0 bridgehead atoms. The molecule has 2 aromatic carbocycles. The predicted molar refractivity (Wildman–Crippen MR) is 103 cm³/mol. The van der Waals surface area contributed by atoms with Crippen molar-refractivity contribution < 1.29 is 16.8 Å². The van der Waals surface area contributed by atoms with Gasteiger partial charge in [-0.25, -0.2) is 21.6 Å². The minimum atomic E-state index is -3.77. The highest BCUT2D eigenvalue weighted by Crippen LogP contribution is 2.25. The zero-order valence-corrected chi connectivity index (χ0v) is 17.0. The first-order valence-corrected chi connectivity index (χ1v) is 11.2. The van der Waals surface area contributed by atoms with Gasteiger partial charge in [0.25, 0.3) is 10.0 Å². The second-order valence-corrected chi connectivity index (χ2v) is 9.64. The van der Waals surface area contributed by atoms with Crippen molar-refractivity contribution in [2.45, 2.75) is 43.9 Å². The summed E-state index contributed by atoms with van der Waals surface area (Å²) in [6, 6.07) is 9.27. The fourth-order valence-corrected chi connectivity index (χ4v) is 5.47. The Kier molecular flexibility index (Phi) is 6.10. The van der Waals surface area contributed by atoms with Gasteiger partial charge < -0.3 is 0 Å². The van der Waals surface area contributed by atoms with Crippen LogP contribution < -0.4 is 9.44 Å². The number of sulfonamides is 2. The Morgan fingerprint density at radius 3 is 1.88 bits per heavy atom. The number of hydrogen-bond acceptors (Lipinski definition) is 4. The summed E-state index contributed by atoms with van der Waals surface area (Å²) in [6.45, 7) is 7.64. The van der Waals surface area contributed by atoms with Crippen LogP contribution in [0.5, 0.6) is 0 Å². The van der Waals surface area contributed by atoms with Gasteiger partial charge in [-0.05, 0) is 62.6 Å². The van der Waals surface area contributed by atoms with Crippen molar-refractivity contribution in [2.75, 3.05) is 11.3 Å². The van der Waals surface area contributed by atoms with E-state index in [0.29, 0.717) is 29.8 Å². The number of hydrogen-bond donors (Lipinski definition) is 2. The molecule has 0 aliphatic carbocycles. The van der Waals surface area contributed by atoms with E-state index in [9.17, 15) is 16.8 Å². The van der Waals surface area contributed by atoms with Crippen LogP contribution >= 0.6 is 0 Å². The van der Waals surface area contributed by atoms with Crippen molar-refractivity contribution in [3.05, 3.63) is 53.1 Å². The molecule has 0 heterocycles. The average Bonchev–Trinajstić information content (AvgIpc) is 2.51. The van der Waals surface area contributed by atoms with Gasteiger partial charge in [-0.3, -0.25) is 4.72 Å². The van der Waals surface area contributed by atoms with Crippen LogP contribution in [0.4, 0.5) is 5.69 Å². The van der Waals surface area contributed by atoms with E-state index in [1.54, 1.807) is 13.8 Å². The predicted octanol–water partition coefficient (Wildman–Crippen LogP) is 3.10. The van der Waals surface area contributed by atoms with E-state index < -0.39 is 20.0 Å². The third-order valence-corrected chi connectivity index (χ3v) is 7.00. The van der Waals surface area contributed by atoms with Crippen molar-refractivity contribution in [3.63, 3.8) is 0 Å². The first kappa shape index (κ1) is 20.4. The van der Waals surface area contributed by atoms with Crippen LogP contribution in [-0.4, -0.2) is 23.4 Å². The molecule has 142 valence electrons. The van der Waals surface area contributed by atoms with Crippen LogP contribution in [0.25, 0.3) is 0 Å². The van der Waals surface area contributed by atoms with Crippen LogP contribution in [0.15, 0.2) is 46.2 Å². The molecule has 2 rings (SSSR count). The number of benzene rings is 2. The quantitative estimate of drug-likeness (QED) is 0.752. The van der Waals surface area contributed by atoms with Crippen molar-refractivity contribution in [3.8, 4) is 0 Å². The monoisotopic (exact) mass is 396 g/mol. The lowest BCUT2D eigenvalue weighted by atomic mass is 10.1. The van der Waals surface area contributed by atoms with Gasteiger partial charge in [-0.1, -0.05) is 24.6 Å². The maximum Gasteiger partial charge on any atom is 0.262 e. The lowest BCUT2D eigenvalue weighted by Gasteiger charge is -2.14. The molecule has 0 saturated heterocycles. The standard InChI is InChI=1S/C18H24N2O4S2/c1-5-10-19-25(21,22)17-8-6-16(7-9-17)20-26(23,24)18-14(3)11-13(2)12-15(18)4/h6-9,11-12,19-20H,5,10H2,1-4H3. The zero-order valence-electron chi connectivity index (χ0n) is 15.3. The van der Waals surface area contributed by atoms with Gasteiger partial charge in [0.05, 0.1) is 9.79 Å². The molecule has 0 unspecified atom stereocenters. The fraction of sp³-hybridized carbons (Fsp3) is 0.333. The largest absolute Gasteiger partial charge is 0.280 e. The van der Waals surface area contributed by atoms with E-state index >= 15 is 0 Å². The second-order valence-electron chi connectivity index (χ2n) is 6.26. The summed E-state index contributed by atoms with van der Waals surface area (Å²) in [5.41, 5.74) is 2.63. The Morgan fingerprint density at radius 1 is 0.846 bits per heavy atom. The molecular formula is C18H24N2O4S2. The molecule has 0 fully saturated rings. The van der Waals surface area contributed by atoms with Gasteiger partial charge in [-0.2, -0.15) is 0 Å². The third kappa shape index (κ3) is 4.63. The Morgan fingerprint density at radius 2 is 1.38 bits per heavy atom. The van der Waals surface area contributed by atoms with Crippen molar-refractivity contribution in [1.29, 1.82) is 0 Å². The summed E-state index contributed by atoms with van der Waals surface area (Å²) in [5, 5.41) is 0. The molecule has 2 aromatic rings. The number of aryl methyl sites for hydroxylation is 3. The molecular weight excluding hydrogens is 372 g/mol. The molecule has 0 aliphatic rings. The van der Waals surface area contributed by atoms with Crippen LogP contribution in [0.2, 0.25) is 0 Å². The van der Waals surface area contributed by atoms with Gasteiger partial charge in [-0.15, -0.1) is 0 Å². The molecule has 0 aliphatic heterocycles. The summed E-state index contributed by atoms with van der Waals surface area (Å²) in [4.78, 5) is 0.334. The Hall–Kier alpha value is -1.90. The van der Waals surface area contributed by atoms with E-state index in [4.69, 9.17) is 0 Å². The maximum absolute atomic E-state index is 12.7. The number of anilines is 1. The molecule has 0 aromatic heterocycles. The molecule has 6 nitrogen and oxygen atoms in total. The lowest BCUT2D eigenvalue weighted by Crippen LogP contribution is -2.24. The average molecular weight is 397 g/mol. The zero-order chi connectivity index (χ0) is 19.5. The first-order valence-electron chi connectivity index (χ1n) is 8.27. The van der Waals surface area contributed by atoms with Crippen LogP contribution in [0, 0.1) is 20.8 Å². The number of rotatable bonds is 7. The van der Waals surface area contributed by atoms with E-state index in [-0.39, 0.29) is 9.79 Å². The van der Waals surface area contributed by atoms with Crippen molar-refractivity contribution in [2.24, 2.45) is 0 Å². The summed E-state index contributed by atoms with van der Waals surface area (Å²) in [7, 11) is -7.35. The molecule has 8 heteroatoms. The molecule has 0 radical (unpaired) electrons. The lowest BCUT2D eigenvalue weighted by molar-refractivity contribution is 0.581. The molecule has 2 N–H and O–H groups in total.